The molecular weight excluding hydrogens is 541 g/mol. The standard InChI is InChI=1S/C33H29ClFN3O3/c1-2-24(39)19-38-18-23-13-29(34)33(14-32(23)40-20-22-12-21(15-36)16-37-17-22)41-31-11-10-26-25(7-5-8-28(26)31)27-6-3-4-9-30(27)35/h3-9,12-14,16-17,31,38H,2,10-11,18-20H2,1H3/t31-/m0/s1. The summed E-state index contributed by atoms with van der Waals surface area (Å²) in [5.74, 6) is 0.859. The second-order valence-electron chi connectivity index (χ2n) is 9.87. The van der Waals surface area contributed by atoms with E-state index in [-0.39, 0.29) is 30.9 Å². The first-order valence-corrected chi connectivity index (χ1v) is 13.9. The van der Waals surface area contributed by atoms with Crippen molar-refractivity contribution < 1.29 is 18.7 Å². The number of hydrogen-bond acceptors (Lipinski definition) is 6. The SMILES string of the molecule is CCC(=O)CNCc1cc(Cl)c(O[C@H]2CCc3c(-c4ccccc4F)cccc32)cc1OCc1cncc(C#N)c1. The van der Waals surface area contributed by atoms with Gasteiger partial charge in [0.25, 0.3) is 0 Å². The van der Waals surface area contributed by atoms with Crippen molar-refractivity contribution in [1.82, 2.24) is 10.3 Å². The lowest BCUT2D eigenvalue weighted by Crippen LogP contribution is -2.22. The van der Waals surface area contributed by atoms with Crippen LogP contribution in [-0.2, 0) is 24.4 Å². The van der Waals surface area contributed by atoms with Crippen LogP contribution in [0.4, 0.5) is 4.39 Å². The predicted molar refractivity (Wildman–Crippen MR) is 155 cm³/mol. The minimum absolute atomic E-state index is 0.104. The van der Waals surface area contributed by atoms with Crippen molar-refractivity contribution in [3.63, 3.8) is 0 Å². The molecular formula is C33H29ClFN3O3. The van der Waals surface area contributed by atoms with Crippen molar-refractivity contribution in [2.24, 2.45) is 0 Å². The Hall–Kier alpha value is -4.25. The number of nitrogens with zero attached hydrogens (tertiary/aromatic N) is 2. The number of benzene rings is 3. The Morgan fingerprint density at radius 3 is 2.76 bits per heavy atom. The zero-order valence-electron chi connectivity index (χ0n) is 22.6. The molecule has 5 rings (SSSR count). The molecule has 0 saturated carbocycles. The average Bonchev–Trinajstić information content (AvgIpc) is 3.41. The minimum Gasteiger partial charge on any atom is -0.488 e. The fraction of sp³-hybridized carbons (Fsp3) is 0.242. The van der Waals surface area contributed by atoms with Crippen molar-refractivity contribution in [3.8, 4) is 28.7 Å². The Balaban J connectivity index is 1.41. The predicted octanol–water partition coefficient (Wildman–Crippen LogP) is 7.13. The number of ketones is 1. The number of halogens is 2. The highest BCUT2D eigenvalue weighted by Crippen LogP contribution is 2.43. The normalized spacial score (nSPS) is 13.9. The second-order valence-corrected chi connectivity index (χ2v) is 10.3. The van der Waals surface area contributed by atoms with E-state index in [1.54, 1.807) is 36.5 Å². The highest BCUT2D eigenvalue weighted by Gasteiger charge is 2.28. The summed E-state index contributed by atoms with van der Waals surface area (Å²) in [6, 6.07) is 20.0. The van der Waals surface area contributed by atoms with E-state index in [0.717, 1.165) is 40.7 Å². The molecule has 1 atom stereocenters. The number of fused-ring (bicyclic) bond motifs is 1. The Morgan fingerprint density at radius 1 is 1.12 bits per heavy atom. The van der Waals surface area contributed by atoms with Crippen molar-refractivity contribution in [1.29, 1.82) is 5.26 Å². The van der Waals surface area contributed by atoms with Crippen LogP contribution < -0.4 is 14.8 Å². The van der Waals surface area contributed by atoms with Crippen LogP contribution in [0.2, 0.25) is 5.02 Å². The Bertz CT molecular complexity index is 1620. The molecule has 1 aliphatic carbocycles. The lowest BCUT2D eigenvalue weighted by atomic mass is 9.96. The van der Waals surface area contributed by atoms with Crippen LogP contribution in [0.5, 0.6) is 11.5 Å². The number of ether oxygens (including phenoxy) is 2. The topological polar surface area (TPSA) is 84.2 Å². The van der Waals surface area contributed by atoms with Crippen LogP contribution in [0, 0.1) is 17.1 Å². The number of carbonyl (C=O) groups is 1. The lowest BCUT2D eigenvalue weighted by molar-refractivity contribution is -0.117. The van der Waals surface area contributed by atoms with Crippen LogP contribution in [0.1, 0.15) is 53.7 Å². The van der Waals surface area contributed by atoms with E-state index in [1.165, 1.54) is 12.3 Å². The molecule has 0 spiro atoms. The van der Waals surface area contributed by atoms with Gasteiger partial charge in [0.15, 0.2) is 0 Å². The van der Waals surface area contributed by atoms with E-state index >= 15 is 0 Å². The highest BCUT2D eigenvalue weighted by atomic mass is 35.5. The van der Waals surface area contributed by atoms with Gasteiger partial charge in [0, 0.05) is 48.1 Å². The smallest absolute Gasteiger partial charge is 0.146 e. The molecule has 8 heteroatoms. The summed E-state index contributed by atoms with van der Waals surface area (Å²) in [7, 11) is 0. The summed E-state index contributed by atoms with van der Waals surface area (Å²) >= 11 is 6.71. The molecule has 0 bridgehead atoms. The number of nitriles is 1. The first-order valence-electron chi connectivity index (χ1n) is 13.5. The van der Waals surface area contributed by atoms with Crippen LogP contribution in [-0.4, -0.2) is 17.3 Å². The van der Waals surface area contributed by atoms with Crippen molar-refractivity contribution >= 4 is 17.4 Å². The molecule has 1 N–H and O–H groups in total. The lowest BCUT2D eigenvalue weighted by Gasteiger charge is -2.20. The van der Waals surface area contributed by atoms with Gasteiger partial charge in [-0.2, -0.15) is 5.26 Å². The Morgan fingerprint density at radius 2 is 1.95 bits per heavy atom. The molecule has 0 amide bonds. The maximum absolute atomic E-state index is 14.6. The fourth-order valence-corrected chi connectivity index (χ4v) is 5.24. The molecule has 0 aliphatic heterocycles. The van der Waals surface area contributed by atoms with Gasteiger partial charge in [-0.15, -0.1) is 0 Å². The van der Waals surface area contributed by atoms with Gasteiger partial charge in [0.2, 0.25) is 0 Å². The third-order valence-corrected chi connectivity index (χ3v) is 7.41. The van der Waals surface area contributed by atoms with Crippen molar-refractivity contribution in [2.45, 2.75) is 45.4 Å². The van der Waals surface area contributed by atoms with E-state index in [2.05, 4.69) is 16.4 Å². The summed E-state index contributed by atoms with van der Waals surface area (Å²) in [6.45, 7) is 2.62. The zero-order valence-corrected chi connectivity index (χ0v) is 23.4. The van der Waals surface area contributed by atoms with E-state index in [4.69, 9.17) is 21.1 Å². The largest absolute Gasteiger partial charge is 0.488 e. The van der Waals surface area contributed by atoms with E-state index in [0.29, 0.717) is 40.6 Å². The van der Waals surface area contributed by atoms with Gasteiger partial charge < -0.3 is 14.8 Å². The quantitative estimate of drug-likeness (QED) is 0.207. The van der Waals surface area contributed by atoms with E-state index in [1.807, 2.05) is 31.2 Å². The number of nitrogens with one attached hydrogen (secondary N) is 1. The third-order valence-electron chi connectivity index (χ3n) is 7.11. The number of aromatic nitrogens is 1. The van der Waals surface area contributed by atoms with Crippen molar-refractivity contribution in [2.75, 3.05) is 6.54 Å². The first-order chi connectivity index (χ1) is 20.0. The minimum atomic E-state index is -0.260. The van der Waals surface area contributed by atoms with Gasteiger partial charge in [-0.3, -0.25) is 9.78 Å². The van der Waals surface area contributed by atoms with Crippen LogP contribution >= 0.6 is 11.6 Å². The molecule has 4 aromatic rings. The summed E-state index contributed by atoms with van der Waals surface area (Å²) in [5, 5.41) is 12.8. The number of hydrogen-bond donors (Lipinski definition) is 1. The molecule has 0 radical (unpaired) electrons. The van der Waals surface area contributed by atoms with Gasteiger partial charge in [0.05, 0.1) is 17.1 Å². The first kappa shape index (κ1) is 28.3. The Labute approximate surface area is 243 Å². The zero-order chi connectivity index (χ0) is 28.8. The maximum atomic E-state index is 14.6. The van der Waals surface area contributed by atoms with Crippen LogP contribution in [0.3, 0.4) is 0 Å². The van der Waals surface area contributed by atoms with Gasteiger partial charge >= 0.3 is 0 Å². The molecule has 6 nitrogen and oxygen atoms in total. The molecule has 1 heterocycles. The summed E-state index contributed by atoms with van der Waals surface area (Å²) < 4.78 is 27.2. The summed E-state index contributed by atoms with van der Waals surface area (Å²) in [6.07, 6.45) is 4.81. The van der Waals surface area contributed by atoms with E-state index in [9.17, 15) is 14.4 Å². The Kier molecular flexibility index (Phi) is 8.93. The van der Waals surface area contributed by atoms with Crippen LogP contribution in [0.25, 0.3) is 11.1 Å². The molecule has 1 aliphatic rings. The average molecular weight is 570 g/mol. The number of carbonyl (C=O) groups excluding carboxylic acids is 1. The molecule has 0 saturated heterocycles. The van der Waals surface area contributed by atoms with Gasteiger partial charge in [-0.05, 0) is 47.7 Å². The van der Waals surface area contributed by atoms with Gasteiger partial charge in [-0.1, -0.05) is 54.9 Å². The van der Waals surface area contributed by atoms with Gasteiger partial charge in [-0.25, -0.2) is 4.39 Å². The number of rotatable bonds is 11. The fourth-order valence-electron chi connectivity index (χ4n) is 5.01. The molecule has 208 valence electrons. The summed E-state index contributed by atoms with van der Waals surface area (Å²) in [4.78, 5) is 15.9. The maximum Gasteiger partial charge on any atom is 0.146 e. The molecule has 1 aromatic heterocycles. The highest BCUT2D eigenvalue weighted by molar-refractivity contribution is 6.32. The third kappa shape index (κ3) is 6.57. The number of pyridine rings is 1. The monoisotopic (exact) mass is 569 g/mol. The van der Waals surface area contributed by atoms with Crippen LogP contribution in [0.15, 0.2) is 73.1 Å². The molecule has 0 fully saturated rings. The molecule has 0 unspecified atom stereocenters. The second kappa shape index (κ2) is 12.9. The molecule has 3 aromatic carbocycles. The van der Waals surface area contributed by atoms with E-state index < -0.39 is 0 Å². The molecule has 41 heavy (non-hydrogen) atoms. The van der Waals surface area contributed by atoms with Crippen molar-refractivity contribution in [3.05, 3.63) is 112 Å². The summed E-state index contributed by atoms with van der Waals surface area (Å²) in [5.41, 5.74) is 5.48. The van der Waals surface area contributed by atoms with Gasteiger partial charge in [0.1, 0.15) is 41.9 Å². The number of Topliss-reactive ketones (excluding diaryl/α,β-unsaturated/α-hetero) is 1.